The molecule has 0 radical (unpaired) electrons. The zero-order valence-electron chi connectivity index (χ0n) is 14.3. The number of halogens is 3. The van der Waals surface area contributed by atoms with Gasteiger partial charge in [0.15, 0.2) is 17.2 Å². The lowest BCUT2D eigenvalue weighted by Crippen LogP contribution is -2.25. The van der Waals surface area contributed by atoms with Crippen molar-refractivity contribution in [1.82, 2.24) is 25.1 Å². The van der Waals surface area contributed by atoms with E-state index in [9.17, 15) is 18.0 Å². The van der Waals surface area contributed by atoms with Crippen LogP contribution in [0, 0.1) is 6.92 Å². The van der Waals surface area contributed by atoms with E-state index in [1.807, 2.05) is 13.8 Å². The van der Waals surface area contributed by atoms with Gasteiger partial charge in [0.2, 0.25) is 0 Å². The number of carbonyl (C=O) groups is 1. The van der Waals surface area contributed by atoms with Gasteiger partial charge in [-0.1, -0.05) is 19.0 Å². The van der Waals surface area contributed by atoms with Gasteiger partial charge in [-0.15, -0.1) is 10.2 Å². The van der Waals surface area contributed by atoms with Gasteiger partial charge in [0.1, 0.15) is 5.56 Å². The molecule has 3 heterocycles. The molecule has 138 valence electrons. The standard InChI is InChI=1S/C16H16F3N5O2/c1-8(2)14-13(9(3)23-26-14)15(25)20-6-12-22-21-11-5-4-10(7-24(11)12)16(17,18)19/h4-5,7-8H,6H2,1-3H3,(H,20,25). The number of amides is 1. The van der Waals surface area contributed by atoms with Crippen molar-refractivity contribution in [3.05, 3.63) is 46.7 Å². The molecule has 1 amide bonds. The maximum Gasteiger partial charge on any atom is 0.417 e. The van der Waals surface area contributed by atoms with Crippen molar-refractivity contribution >= 4 is 11.6 Å². The van der Waals surface area contributed by atoms with Crippen LogP contribution >= 0.6 is 0 Å². The predicted molar refractivity (Wildman–Crippen MR) is 84.5 cm³/mol. The van der Waals surface area contributed by atoms with E-state index in [4.69, 9.17) is 4.52 Å². The highest BCUT2D eigenvalue weighted by Gasteiger charge is 2.31. The fraction of sp³-hybridized carbons (Fsp3) is 0.375. The smallest absolute Gasteiger partial charge is 0.360 e. The molecule has 0 atom stereocenters. The number of alkyl halides is 3. The highest BCUT2D eigenvalue weighted by Crippen LogP contribution is 2.29. The third-order valence-electron chi connectivity index (χ3n) is 3.85. The van der Waals surface area contributed by atoms with Crippen LogP contribution in [0.15, 0.2) is 22.9 Å². The van der Waals surface area contributed by atoms with Gasteiger partial charge in [0.05, 0.1) is 17.8 Å². The molecule has 7 nitrogen and oxygen atoms in total. The number of hydrogen-bond donors (Lipinski definition) is 1. The van der Waals surface area contributed by atoms with Crippen molar-refractivity contribution in [3.63, 3.8) is 0 Å². The number of hydrogen-bond acceptors (Lipinski definition) is 5. The molecule has 0 spiro atoms. The first-order valence-electron chi connectivity index (χ1n) is 7.83. The zero-order chi connectivity index (χ0) is 19.1. The third kappa shape index (κ3) is 3.26. The van der Waals surface area contributed by atoms with Crippen LogP contribution in [-0.2, 0) is 12.7 Å². The van der Waals surface area contributed by atoms with Crippen LogP contribution in [0.5, 0.6) is 0 Å². The Kier molecular flexibility index (Phi) is 4.43. The van der Waals surface area contributed by atoms with E-state index in [0.717, 1.165) is 12.3 Å². The summed E-state index contributed by atoms with van der Waals surface area (Å²) in [5.41, 5.74) is 0.196. The van der Waals surface area contributed by atoms with E-state index in [1.165, 1.54) is 10.5 Å². The van der Waals surface area contributed by atoms with E-state index >= 15 is 0 Å². The Labute approximate surface area is 146 Å². The van der Waals surface area contributed by atoms with Crippen molar-refractivity contribution < 1.29 is 22.5 Å². The molecular weight excluding hydrogens is 351 g/mol. The summed E-state index contributed by atoms with van der Waals surface area (Å²) in [4.78, 5) is 12.5. The molecule has 3 rings (SSSR count). The zero-order valence-corrected chi connectivity index (χ0v) is 14.3. The Hall–Kier alpha value is -2.91. The number of rotatable bonds is 4. The predicted octanol–water partition coefficient (Wildman–Crippen LogP) is 3.10. The van der Waals surface area contributed by atoms with Crippen molar-refractivity contribution in [2.75, 3.05) is 0 Å². The van der Waals surface area contributed by atoms with Crippen molar-refractivity contribution in [2.45, 2.75) is 39.4 Å². The Morgan fingerprint density at radius 3 is 2.69 bits per heavy atom. The van der Waals surface area contributed by atoms with Gasteiger partial charge >= 0.3 is 6.18 Å². The van der Waals surface area contributed by atoms with E-state index in [0.29, 0.717) is 17.0 Å². The monoisotopic (exact) mass is 367 g/mol. The lowest BCUT2D eigenvalue weighted by atomic mass is 10.0. The minimum Gasteiger partial charge on any atom is -0.360 e. The van der Waals surface area contributed by atoms with E-state index in [1.54, 1.807) is 6.92 Å². The summed E-state index contributed by atoms with van der Waals surface area (Å²) in [5.74, 6) is 0.154. The minimum absolute atomic E-state index is 0.0415. The number of fused-ring (bicyclic) bond motifs is 1. The lowest BCUT2D eigenvalue weighted by Gasteiger charge is -2.08. The first kappa shape index (κ1) is 17.9. The fourth-order valence-corrected chi connectivity index (χ4v) is 2.53. The summed E-state index contributed by atoms with van der Waals surface area (Å²) in [5, 5.41) is 14.1. The van der Waals surface area contributed by atoms with Gasteiger partial charge in [-0.25, -0.2) is 0 Å². The van der Waals surface area contributed by atoms with E-state index < -0.39 is 17.6 Å². The molecule has 0 unspecified atom stereocenters. The number of aromatic nitrogens is 4. The number of aryl methyl sites for hydroxylation is 1. The second kappa shape index (κ2) is 6.43. The van der Waals surface area contributed by atoms with Crippen LogP contribution in [0.25, 0.3) is 5.65 Å². The quantitative estimate of drug-likeness (QED) is 0.766. The molecule has 0 aliphatic carbocycles. The largest absolute Gasteiger partial charge is 0.417 e. The van der Waals surface area contributed by atoms with Gasteiger partial charge in [-0.05, 0) is 19.1 Å². The maximum atomic E-state index is 12.9. The fourth-order valence-electron chi connectivity index (χ4n) is 2.53. The number of nitrogens with one attached hydrogen (secondary N) is 1. The summed E-state index contributed by atoms with van der Waals surface area (Å²) in [6, 6.07) is 2.16. The second-order valence-electron chi connectivity index (χ2n) is 6.10. The van der Waals surface area contributed by atoms with Crippen LogP contribution < -0.4 is 5.32 Å². The normalized spacial score (nSPS) is 12.1. The minimum atomic E-state index is -4.48. The Bertz CT molecular complexity index is 959. The molecule has 0 aliphatic heterocycles. The van der Waals surface area contributed by atoms with Crippen LogP contribution in [-0.4, -0.2) is 25.7 Å². The Morgan fingerprint density at radius 2 is 2.04 bits per heavy atom. The number of pyridine rings is 1. The van der Waals surface area contributed by atoms with Gasteiger partial charge in [-0.3, -0.25) is 9.20 Å². The van der Waals surface area contributed by atoms with Crippen molar-refractivity contribution in [3.8, 4) is 0 Å². The molecule has 0 bridgehead atoms. The van der Waals surface area contributed by atoms with Crippen molar-refractivity contribution in [2.24, 2.45) is 0 Å². The van der Waals surface area contributed by atoms with Gasteiger partial charge in [0.25, 0.3) is 5.91 Å². The average molecular weight is 367 g/mol. The highest BCUT2D eigenvalue weighted by molar-refractivity contribution is 5.96. The van der Waals surface area contributed by atoms with E-state index in [2.05, 4.69) is 20.7 Å². The van der Waals surface area contributed by atoms with E-state index in [-0.39, 0.29) is 23.9 Å². The third-order valence-corrected chi connectivity index (χ3v) is 3.85. The number of nitrogens with zero attached hydrogens (tertiary/aromatic N) is 4. The average Bonchev–Trinajstić information content (AvgIpc) is 3.14. The molecule has 0 aromatic carbocycles. The maximum absolute atomic E-state index is 12.9. The van der Waals surface area contributed by atoms with Crippen LogP contribution in [0.3, 0.4) is 0 Å². The van der Waals surface area contributed by atoms with Crippen LogP contribution in [0.2, 0.25) is 0 Å². The molecule has 26 heavy (non-hydrogen) atoms. The molecule has 10 heteroatoms. The summed E-state index contributed by atoms with van der Waals surface area (Å²) in [7, 11) is 0. The Morgan fingerprint density at radius 1 is 1.31 bits per heavy atom. The Balaban J connectivity index is 1.84. The molecule has 1 N–H and O–H groups in total. The molecule has 0 fully saturated rings. The summed E-state index contributed by atoms with van der Waals surface area (Å²) >= 11 is 0. The van der Waals surface area contributed by atoms with Gasteiger partial charge in [0, 0.05) is 12.1 Å². The molecule has 3 aromatic rings. The first-order chi connectivity index (χ1) is 12.2. The first-order valence-corrected chi connectivity index (χ1v) is 7.83. The van der Waals surface area contributed by atoms with Gasteiger partial charge in [-0.2, -0.15) is 13.2 Å². The molecule has 3 aromatic heterocycles. The summed E-state index contributed by atoms with van der Waals surface area (Å²) in [6.45, 7) is 5.28. The number of carbonyl (C=O) groups excluding carboxylic acids is 1. The molecule has 0 aliphatic rings. The SMILES string of the molecule is Cc1noc(C(C)C)c1C(=O)NCc1nnc2ccc(C(F)(F)F)cn12. The second-order valence-corrected chi connectivity index (χ2v) is 6.10. The van der Waals surface area contributed by atoms with Crippen molar-refractivity contribution in [1.29, 1.82) is 0 Å². The summed E-state index contributed by atoms with van der Waals surface area (Å²) < 4.78 is 45.0. The highest BCUT2D eigenvalue weighted by atomic mass is 19.4. The molecular formula is C16H16F3N5O2. The molecule has 0 saturated carbocycles. The topological polar surface area (TPSA) is 85.3 Å². The van der Waals surface area contributed by atoms with Gasteiger partial charge < -0.3 is 9.84 Å². The van der Waals surface area contributed by atoms with Crippen LogP contribution in [0.1, 0.15) is 53.0 Å². The van der Waals surface area contributed by atoms with Crippen LogP contribution in [0.4, 0.5) is 13.2 Å². The molecule has 0 saturated heterocycles. The lowest BCUT2D eigenvalue weighted by molar-refractivity contribution is -0.137. The summed E-state index contributed by atoms with van der Waals surface area (Å²) in [6.07, 6.45) is -3.58.